The molecule has 0 aliphatic heterocycles. The lowest BCUT2D eigenvalue weighted by Crippen LogP contribution is -2.40. The van der Waals surface area contributed by atoms with Crippen LogP contribution in [-0.2, 0) is 16.1 Å². The van der Waals surface area contributed by atoms with E-state index in [0.717, 1.165) is 5.56 Å². The summed E-state index contributed by atoms with van der Waals surface area (Å²) >= 11 is 0. The van der Waals surface area contributed by atoms with Crippen LogP contribution in [-0.4, -0.2) is 23.2 Å². The predicted octanol–water partition coefficient (Wildman–Crippen LogP) is 1.94. The molecule has 0 spiro atoms. The molecule has 0 saturated carbocycles. The Bertz CT molecular complexity index is 483. The smallest absolute Gasteiger partial charge is 0.407 e. The van der Waals surface area contributed by atoms with Crippen molar-refractivity contribution in [1.82, 2.24) is 5.32 Å². The highest BCUT2D eigenvalue weighted by atomic mass is 16.5. The quantitative estimate of drug-likeness (QED) is 0.812. The van der Waals surface area contributed by atoms with Gasteiger partial charge in [-0.2, -0.15) is 0 Å². The van der Waals surface area contributed by atoms with E-state index in [0.29, 0.717) is 6.42 Å². The Morgan fingerprint density at radius 3 is 2.74 bits per heavy atom. The van der Waals surface area contributed by atoms with E-state index >= 15 is 0 Å². The van der Waals surface area contributed by atoms with E-state index in [1.807, 2.05) is 30.3 Å². The van der Waals surface area contributed by atoms with Gasteiger partial charge in [0.15, 0.2) is 0 Å². The maximum absolute atomic E-state index is 11.6. The number of carboxylic acids is 1. The van der Waals surface area contributed by atoms with Crippen LogP contribution in [0, 0.1) is 5.92 Å². The van der Waals surface area contributed by atoms with Crippen LogP contribution in [0.2, 0.25) is 0 Å². The van der Waals surface area contributed by atoms with Gasteiger partial charge in [0.1, 0.15) is 6.61 Å². The summed E-state index contributed by atoms with van der Waals surface area (Å²) in [4.78, 5) is 22.5. The molecule has 2 N–H and O–H groups in total. The van der Waals surface area contributed by atoms with E-state index in [-0.39, 0.29) is 6.61 Å². The number of benzene rings is 1. The minimum atomic E-state index is -0.918. The van der Waals surface area contributed by atoms with Crippen LogP contribution in [0.4, 0.5) is 4.79 Å². The van der Waals surface area contributed by atoms with E-state index in [2.05, 4.69) is 5.32 Å². The van der Waals surface area contributed by atoms with Gasteiger partial charge in [0.2, 0.25) is 0 Å². The second kappa shape index (κ2) is 6.04. The van der Waals surface area contributed by atoms with E-state index < -0.39 is 24.0 Å². The Morgan fingerprint density at radius 1 is 1.32 bits per heavy atom. The monoisotopic (exact) mass is 261 g/mol. The summed E-state index contributed by atoms with van der Waals surface area (Å²) in [5.74, 6) is -1.53. The van der Waals surface area contributed by atoms with Gasteiger partial charge in [-0.15, -0.1) is 0 Å². The van der Waals surface area contributed by atoms with Crippen LogP contribution in [0.15, 0.2) is 42.5 Å². The molecule has 1 aliphatic carbocycles. The van der Waals surface area contributed by atoms with E-state index in [9.17, 15) is 9.59 Å². The molecule has 2 atom stereocenters. The summed E-state index contributed by atoms with van der Waals surface area (Å²) < 4.78 is 5.04. The molecule has 0 heterocycles. The van der Waals surface area contributed by atoms with Gasteiger partial charge >= 0.3 is 12.1 Å². The van der Waals surface area contributed by atoms with Crippen molar-refractivity contribution in [1.29, 1.82) is 0 Å². The zero-order valence-corrected chi connectivity index (χ0v) is 10.3. The Balaban J connectivity index is 1.81. The summed E-state index contributed by atoms with van der Waals surface area (Å²) in [7, 11) is 0. The molecule has 0 saturated heterocycles. The molecule has 0 fully saturated rings. The number of alkyl carbamates (subject to hydrolysis) is 1. The molecule has 0 unspecified atom stereocenters. The number of rotatable bonds is 4. The first-order chi connectivity index (χ1) is 9.16. The summed E-state index contributed by atoms with van der Waals surface area (Å²) in [6.07, 6.45) is 3.26. The van der Waals surface area contributed by atoms with Crippen LogP contribution in [0.3, 0.4) is 0 Å². The van der Waals surface area contributed by atoms with Gasteiger partial charge in [-0.25, -0.2) is 4.79 Å². The lowest BCUT2D eigenvalue weighted by atomic mass is 10.0. The summed E-state index contributed by atoms with van der Waals surface area (Å²) in [6, 6.07) is 8.80. The van der Waals surface area contributed by atoms with Gasteiger partial charge in [0.05, 0.1) is 12.0 Å². The highest BCUT2D eigenvalue weighted by Gasteiger charge is 2.30. The van der Waals surface area contributed by atoms with Gasteiger partial charge in [0, 0.05) is 0 Å². The topological polar surface area (TPSA) is 75.6 Å². The van der Waals surface area contributed by atoms with E-state index in [1.54, 1.807) is 12.2 Å². The second-order valence-electron chi connectivity index (χ2n) is 4.34. The molecule has 5 heteroatoms. The number of carbonyl (C=O) groups is 2. The third-order valence-corrected chi connectivity index (χ3v) is 2.98. The van der Waals surface area contributed by atoms with Crippen LogP contribution in [0.1, 0.15) is 12.0 Å². The Labute approximate surface area is 110 Å². The number of ether oxygens (including phenoxy) is 1. The number of hydrogen-bond acceptors (Lipinski definition) is 3. The van der Waals surface area contributed by atoms with Crippen molar-refractivity contribution in [3.05, 3.63) is 48.0 Å². The van der Waals surface area contributed by atoms with E-state index in [1.165, 1.54) is 0 Å². The normalized spacial score (nSPS) is 21.1. The SMILES string of the molecule is O=C(N[C@H]1C=CC[C@H]1C(=O)O)OCc1ccccc1. The Hall–Kier alpha value is -2.30. The van der Waals surface area contributed by atoms with Gasteiger partial charge in [0.25, 0.3) is 0 Å². The Kier molecular flexibility index (Phi) is 4.18. The maximum atomic E-state index is 11.6. The Morgan fingerprint density at radius 2 is 2.05 bits per heavy atom. The predicted molar refractivity (Wildman–Crippen MR) is 68.4 cm³/mol. The standard InChI is InChI=1S/C14H15NO4/c16-13(17)11-7-4-8-12(11)15-14(18)19-9-10-5-2-1-3-6-10/h1-6,8,11-12H,7,9H2,(H,15,18)(H,16,17)/t11-,12+/m1/s1. The maximum Gasteiger partial charge on any atom is 0.407 e. The summed E-state index contributed by atoms with van der Waals surface area (Å²) in [5, 5.41) is 11.5. The average molecular weight is 261 g/mol. The third-order valence-electron chi connectivity index (χ3n) is 2.98. The van der Waals surface area contributed by atoms with Crippen molar-refractivity contribution in [3.8, 4) is 0 Å². The number of nitrogens with one attached hydrogen (secondary N) is 1. The second-order valence-corrected chi connectivity index (χ2v) is 4.34. The summed E-state index contributed by atoms with van der Waals surface area (Å²) in [6.45, 7) is 0.168. The number of allylic oxidation sites excluding steroid dienone is 1. The van der Waals surface area contributed by atoms with Crippen molar-refractivity contribution < 1.29 is 19.4 Å². The average Bonchev–Trinajstić information content (AvgIpc) is 2.86. The van der Waals surface area contributed by atoms with Crippen molar-refractivity contribution in [3.63, 3.8) is 0 Å². The van der Waals surface area contributed by atoms with E-state index in [4.69, 9.17) is 9.84 Å². The van der Waals surface area contributed by atoms with Gasteiger partial charge in [-0.1, -0.05) is 42.5 Å². The number of aliphatic carboxylic acids is 1. The first-order valence-electron chi connectivity index (χ1n) is 6.03. The fraction of sp³-hybridized carbons (Fsp3) is 0.286. The fourth-order valence-electron chi connectivity index (χ4n) is 1.96. The molecule has 1 aromatic rings. The highest BCUT2D eigenvalue weighted by molar-refractivity contribution is 5.75. The molecule has 1 aliphatic rings. The molecule has 5 nitrogen and oxygen atoms in total. The molecule has 0 aromatic heterocycles. The molecule has 0 bridgehead atoms. The zero-order chi connectivity index (χ0) is 13.7. The molecule has 0 radical (unpaired) electrons. The molecule has 1 aromatic carbocycles. The summed E-state index contributed by atoms with van der Waals surface area (Å²) in [5.41, 5.74) is 0.884. The lowest BCUT2D eigenvalue weighted by molar-refractivity contribution is -0.141. The molecule has 2 rings (SSSR count). The fourth-order valence-corrected chi connectivity index (χ4v) is 1.96. The zero-order valence-electron chi connectivity index (χ0n) is 10.3. The molecular weight excluding hydrogens is 246 g/mol. The van der Waals surface area contributed by atoms with Crippen LogP contribution < -0.4 is 5.32 Å². The first-order valence-corrected chi connectivity index (χ1v) is 6.03. The number of amides is 1. The minimum absolute atomic E-state index is 0.168. The first kappa shape index (κ1) is 13.1. The number of hydrogen-bond donors (Lipinski definition) is 2. The minimum Gasteiger partial charge on any atom is -0.481 e. The highest BCUT2D eigenvalue weighted by Crippen LogP contribution is 2.19. The molecule has 19 heavy (non-hydrogen) atoms. The number of carboxylic acid groups (broad SMARTS) is 1. The van der Waals surface area contributed by atoms with Gasteiger partial charge in [-0.3, -0.25) is 4.79 Å². The van der Waals surface area contributed by atoms with Crippen LogP contribution in [0.5, 0.6) is 0 Å². The molecular formula is C14H15NO4. The molecule has 100 valence electrons. The van der Waals surface area contributed by atoms with Crippen LogP contribution >= 0.6 is 0 Å². The number of carbonyl (C=O) groups excluding carboxylic acids is 1. The van der Waals surface area contributed by atoms with Gasteiger partial charge in [-0.05, 0) is 12.0 Å². The third kappa shape index (κ3) is 3.58. The largest absolute Gasteiger partial charge is 0.481 e. The van der Waals surface area contributed by atoms with Gasteiger partial charge < -0.3 is 15.2 Å². The molecule has 1 amide bonds. The van der Waals surface area contributed by atoms with Crippen molar-refractivity contribution in [2.24, 2.45) is 5.92 Å². The lowest BCUT2D eigenvalue weighted by Gasteiger charge is -2.16. The van der Waals surface area contributed by atoms with Crippen molar-refractivity contribution in [2.45, 2.75) is 19.1 Å². The van der Waals surface area contributed by atoms with Crippen LogP contribution in [0.25, 0.3) is 0 Å². The van der Waals surface area contributed by atoms with Crippen molar-refractivity contribution >= 4 is 12.1 Å². The van der Waals surface area contributed by atoms with Crippen molar-refractivity contribution in [2.75, 3.05) is 0 Å².